The number of alkyl halides is 4. The fraction of sp³-hybridized carbons (Fsp3) is 0.200. The highest BCUT2D eigenvalue weighted by molar-refractivity contribution is 6.16. The Kier molecular flexibility index (Phi) is 3.06. The van der Waals surface area contributed by atoms with Crippen LogP contribution in [0.15, 0.2) is 30.5 Å². The second-order valence-corrected chi connectivity index (χ2v) is 3.59. The van der Waals surface area contributed by atoms with Crippen molar-refractivity contribution in [3.63, 3.8) is 0 Å². The smallest absolute Gasteiger partial charge is 0.216 e. The van der Waals surface area contributed by atoms with E-state index in [0.717, 1.165) is 12.1 Å². The zero-order valence-corrected chi connectivity index (χ0v) is 9.20. The highest BCUT2D eigenvalue weighted by Crippen LogP contribution is 2.30. The van der Waals surface area contributed by atoms with Crippen molar-refractivity contribution < 1.29 is 13.2 Å². The van der Waals surface area contributed by atoms with Gasteiger partial charge in [-0.1, -0.05) is 11.3 Å². The molecule has 0 saturated carbocycles. The third-order valence-corrected chi connectivity index (χ3v) is 2.45. The first-order chi connectivity index (χ1) is 8.02. The first kappa shape index (κ1) is 11.9. The summed E-state index contributed by atoms with van der Waals surface area (Å²) in [4.78, 5) is 0. The van der Waals surface area contributed by atoms with Gasteiger partial charge < -0.3 is 0 Å². The highest BCUT2D eigenvalue weighted by atomic mass is 35.5. The van der Waals surface area contributed by atoms with E-state index in [0.29, 0.717) is 5.69 Å². The minimum atomic E-state index is -4.38. The summed E-state index contributed by atoms with van der Waals surface area (Å²) >= 11 is 5.63. The predicted octanol–water partition coefficient (Wildman–Crippen LogP) is 3.02. The molecule has 0 spiro atoms. The normalized spacial score (nSPS) is 11.8. The number of halogens is 4. The summed E-state index contributed by atoms with van der Waals surface area (Å²) in [7, 11) is 0. The molecule has 17 heavy (non-hydrogen) atoms. The minimum absolute atomic E-state index is 0.128. The lowest BCUT2D eigenvalue weighted by molar-refractivity contribution is -0.137. The molecule has 0 bridgehead atoms. The Bertz CT molecular complexity index is 522. The summed E-state index contributed by atoms with van der Waals surface area (Å²) in [5, 5.41) is 7.30. The van der Waals surface area contributed by atoms with E-state index in [-0.39, 0.29) is 11.6 Å². The minimum Gasteiger partial charge on any atom is -0.216 e. The summed E-state index contributed by atoms with van der Waals surface area (Å²) in [6, 6.07) is 4.84. The van der Waals surface area contributed by atoms with Crippen LogP contribution in [0.4, 0.5) is 13.2 Å². The highest BCUT2D eigenvalue weighted by Gasteiger charge is 2.30. The van der Waals surface area contributed by atoms with E-state index in [1.807, 2.05) is 0 Å². The third-order valence-electron chi connectivity index (χ3n) is 2.17. The average molecular weight is 262 g/mol. The Hall–Kier alpha value is -1.56. The van der Waals surface area contributed by atoms with Gasteiger partial charge in [0.2, 0.25) is 0 Å². The number of aromatic nitrogens is 3. The van der Waals surface area contributed by atoms with Gasteiger partial charge in [0.25, 0.3) is 0 Å². The molecule has 1 aromatic heterocycles. The van der Waals surface area contributed by atoms with Crippen molar-refractivity contribution in [3.05, 3.63) is 41.7 Å². The first-order valence-corrected chi connectivity index (χ1v) is 5.19. The molecule has 0 fully saturated rings. The van der Waals surface area contributed by atoms with Crippen LogP contribution in [-0.4, -0.2) is 15.0 Å². The van der Waals surface area contributed by atoms with Gasteiger partial charge in [0.15, 0.2) is 0 Å². The molecule has 7 heteroatoms. The molecule has 3 nitrogen and oxygen atoms in total. The molecule has 0 unspecified atom stereocenters. The maximum Gasteiger partial charge on any atom is 0.416 e. The first-order valence-electron chi connectivity index (χ1n) is 4.65. The average Bonchev–Trinajstić information content (AvgIpc) is 2.76. The maximum atomic E-state index is 12.5. The lowest BCUT2D eigenvalue weighted by Gasteiger charge is -2.09. The van der Waals surface area contributed by atoms with Gasteiger partial charge in [-0.15, -0.1) is 16.7 Å². The molecule has 1 aromatic carbocycles. The molecular weight excluding hydrogens is 255 g/mol. The topological polar surface area (TPSA) is 30.7 Å². The summed E-state index contributed by atoms with van der Waals surface area (Å²) < 4.78 is 38.8. The van der Waals surface area contributed by atoms with Crippen LogP contribution >= 0.6 is 11.6 Å². The van der Waals surface area contributed by atoms with E-state index >= 15 is 0 Å². The molecule has 0 saturated heterocycles. The van der Waals surface area contributed by atoms with Crippen molar-refractivity contribution in [2.45, 2.75) is 12.1 Å². The van der Waals surface area contributed by atoms with Crippen LogP contribution in [0.3, 0.4) is 0 Å². The van der Waals surface area contributed by atoms with Crippen LogP contribution < -0.4 is 0 Å². The molecule has 0 aliphatic heterocycles. The van der Waals surface area contributed by atoms with E-state index in [4.69, 9.17) is 11.6 Å². The van der Waals surface area contributed by atoms with Crippen molar-refractivity contribution in [1.82, 2.24) is 15.0 Å². The lowest BCUT2D eigenvalue weighted by atomic mass is 10.2. The Morgan fingerprint density at radius 2 is 2.06 bits per heavy atom. The van der Waals surface area contributed by atoms with E-state index in [1.165, 1.54) is 23.0 Å². The Balaban J connectivity index is 2.47. The molecular formula is C10H7ClF3N3. The van der Waals surface area contributed by atoms with Gasteiger partial charge in [-0.3, -0.25) is 0 Å². The van der Waals surface area contributed by atoms with Crippen molar-refractivity contribution in [2.24, 2.45) is 0 Å². The van der Waals surface area contributed by atoms with E-state index < -0.39 is 11.7 Å². The molecule has 0 atom stereocenters. The van der Waals surface area contributed by atoms with Crippen molar-refractivity contribution >= 4 is 11.6 Å². The van der Waals surface area contributed by atoms with E-state index in [2.05, 4.69) is 10.3 Å². The second kappa shape index (κ2) is 4.37. The van der Waals surface area contributed by atoms with Crippen molar-refractivity contribution in [1.29, 1.82) is 0 Å². The number of hydrogen-bond acceptors (Lipinski definition) is 2. The molecule has 90 valence electrons. The Morgan fingerprint density at radius 3 is 2.71 bits per heavy atom. The monoisotopic (exact) mass is 261 g/mol. The fourth-order valence-corrected chi connectivity index (χ4v) is 1.56. The Labute approximate surface area is 99.8 Å². The zero-order chi connectivity index (χ0) is 12.5. The molecule has 1 heterocycles. The Morgan fingerprint density at radius 1 is 1.29 bits per heavy atom. The maximum absolute atomic E-state index is 12.5. The molecule has 2 rings (SSSR count). The molecule has 2 aromatic rings. The molecule has 0 radical (unpaired) electrons. The third kappa shape index (κ3) is 2.41. The van der Waals surface area contributed by atoms with Gasteiger partial charge in [0, 0.05) is 0 Å². The predicted molar refractivity (Wildman–Crippen MR) is 55.9 cm³/mol. The van der Waals surface area contributed by atoms with Crippen LogP contribution in [0, 0.1) is 0 Å². The van der Waals surface area contributed by atoms with Crippen LogP contribution in [0.5, 0.6) is 0 Å². The van der Waals surface area contributed by atoms with Crippen molar-refractivity contribution in [3.8, 4) is 5.69 Å². The van der Waals surface area contributed by atoms with Crippen molar-refractivity contribution in [2.75, 3.05) is 0 Å². The van der Waals surface area contributed by atoms with Crippen LogP contribution in [0.2, 0.25) is 0 Å². The van der Waals surface area contributed by atoms with Gasteiger partial charge in [0.1, 0.15) is 0 Å². The largest absolute Gasteiger partial charge is 0.416 e. The number of benzene rings is 1. The fourth-order valence-electron chi connectivity index (χ4n) is 1.38. The zero-order valence-electron chi connectivity index (χ0n) is 8.45. The van der Waals surface area contributed by atoms with Gasteiger partial charge in [-0.2, -0.15) is 13.2 Å². The summed E-state index contributed by atoms with van der Waals surface area (Å²) in [6.07, 6.45) is -2.97. The molecule has 0 N–H and O–H groups in total. The van der Waals surface area contributed by atoms with Crippen LogP contribution in [0.25, 0.3) is 5.69 Å². The van der Waals surface area contributed by atoms with Crippen LogP contribution in [0.1, 0.15) is 11.3 Å². The number of nitrogens with zero attached hydrogens (tertiary/aromatic N) is 3. The van der Waals surface area contributed by atoms with Gasteiger partial charge in [0.05, 0.1) is 29.0 Å². The van der Waals surface area contributed by atoms with E-state index in [9.17, 15) is 13.2 Å². The number of hydrogen-bond donors (Lipinski definition) is 0. The summed E-state index contributed by atoms with van der Waals surface area (Å²) in [6.45, 7) is 0. The SMILES string of the molecule is FC(F)(F)c1cccc(-n2nncc2CCl)c1. The summed E-state index contributed by atoms with van der Waals surface area (Å²) in [5.74, 6) is 0.128. The lowest BCUT2D eigenvalue weighted by Crippen LogP contribution is -2.07. The second-order valence-electron chi connectivity index (χ2n) is 3.32. The van der Waals surface area contributed by atoms with Gasteiger partial charge >= 0.3 is 6.18 Å². The molecule has 0 aliphatic carbocycles. The molecule has 0 amide bonds. The quantitative estimate of drug-likeness (QED) is 0.778. The van der Waals surface area contributed by atoms with Gasteiger partial charge in [-0.05, 0) is 18.2 Å². The summed E-state index contributed by atoms with van der Waals surface area (Å²) in [5.41, 5.74) is 0.0880. The van der Waals surface area contributed by atoms with E-state index in [1.54, 1.807) is 0 Å². The van der Waals surface area contributed by atoms with Gasteiger partial charge in [-0.25, -0.2) is 4.68 Å². The number of rotatable bonds is 2. The molecule has 0 aliphatic rings. The standard InChI is InChI=1S/C10H7ClF3N3/c11-5-9-6-15-16-17(9)8-3-1-2-7(4-8)10(12,13)14/h1-4,6H,5H2. The van der Waals surface area contributed by atoms with Crippen LogP contribution in [-0.2, 0) is 12.1 Å².